The molecule has 6 heteroatoms. The fourth-order valence-electron chi connectivity index (χ4n) is 2.38. The zero-order chi connectivity index (χ0) is 16.4. The van der Waals surface area contributed by atoms with Gasteiger partial charge in [-0.2, -0.15) is 0 Å². The van der Waals surface area contributed by atoms with Gasteiger partial charge in [0.25, 0.3) is 0 Å². The molecule has 1 amide bonds. The first-order chi connectivity index (χ1) is 11.1. The van der Waals surface area contributed by atoms with E-state index in [-0.39, 0.29) is 18.0 Å². The van der Waals surface area contributed by atoms with Crippen molar-refractivity contribution < 1.29 is 18.3 Å². The lowest BCUT2D eigenvalue weighted by molar-refractivity contribution is -0.115. The molecule has 1 aromatic heterocycles. The van der Waals surface area contributed by atoms with Crippen molar-refractivity contribution in [1.82, 2.24) is 4.98 Å². The molecular weight excluding hydrogens is 302 g/mol. The molecule has 0 aliphatic carbocycles. The van der Waals surface area contributed by atoms with Gasteiger partial charge in [0.05, 0.1) is 13.5 Å². The van der Waals surface area contributed by atoms with E-state index in [1.165, 1.54) is 6.07 Å². The number of carbonyl (C=O) groups is 1. The average molecular weight is 316 g/mol. The third-order valence-corrected chi connectivity index (χ3v) is 3.53. The number of carbonyl (C=O) groups excluding carboxylic acids is 1. The van der Waals surface area contributed by atoms with E-state index in [0.717, 1.165) is 28.6 Å². The molecule has 0 radical (unpaired) electrons. The van der Waals surface area contributed by atoms with Crippen LogP contribution in [0.15, 0.2) is 42.6 Å². The molecule has 3 aromatic rings. The quantitative estimate of drug-likeness (QED) is 0.772. The summed E-state index contributed by atoms with van der Waals surface area (Å²) in [6, 6.07) is 8.77. The molecule has 0 fully saturated rings. The number of halogens is 2. The summed E-state index contributed by atoms with van der Waals surface area (Å²) >= 11 is 0. The maximum Gasteiger partial charge on any atom is 0.228 e. The van der Waals surface area contributed by atoms with Crippen LogP contribution in [0.25, 0.3) is 10.9 Å². The summed E-state index contributed by atoms with van der Waals surface area (Å²) in [5.74, 6) is -1.58. The van der Waals surface area contributed by atoms with Gasteiger partial charge in [0, 0.05) is 28.9 Å². The van der Waals surface area contributed by atoms with Crippen LogP contribution in [0.5, 0.6) is 5.75 Å². The number of aromatic amines is 1. The van der Waals surface area contributed by atoms with Gasteiger partial charge in [-0.3, -0.25) is 4.79 Å². The lowest BCUT2D eigenvalue weighted by atomic mass is 10.1. The first kappa shape index (κ1) is 15.0. The number of nitrogens with one attached hydrogen (secondary N) is 2. The third-order valence-electron chi connectivity index (χ3n) is 3.53. The van der Waals surface area contributed by atoms with Crippen LogP contribution < -0.4 is 10.1 Å². The highest BCUT2D eigenvalue weighted by atomic mass is 19.2. The Hall–Kier alpha value is -2.89. The van der Waals surface area contributed by atoms with E-state index in [9.17, 15) is 13.6 Å². The summed E-state index contributed by atoms with van der Waals surface area (Å²) in [6.07, 6.45) is 1.85. The van der Waals surface area contributed by atoms with Crippen LogP contribution in [0.1, 0.15) is 5.56 Å². The number of hydrogen-bond donors (Lipinski definition) is 2. The second-order valence-corrected chi connectivity index (χ2v) is 5.08. The average Bonchev–Trinajstić information content (AvgIpc) is 2.93. The Labute approximate surface area is 131 Å². The second-order valence-electron chi connectivity index (χ2n) is 5.08. The van der Waals surface area contributed by atoms with Crippen molar-refractivity contribution in [1.29, 1.82) is 0 Å². The summed E-state index contributed by atoms with van der Waals surface area (Å²) < 4.78 is 31.2. The SMILES string of the molecule is COc1ccc2[nH]cc(CC(=O)Nc3ccc(F)c(F)c3)c2c1. The van der Waals surface area contributed by atoms with Crippen LogP contribution in [0.4, 0.5) is 14.5 Å². The summed E-state index contributed by atoms with van der Waals surface area (Å²) in [6.45, 7) is 0. The molecular formula is C17H14F2N2O2. The number of rotatable bonds is 4. The van der Waals surface area contributed by atoms with E-state index in [2.05, 4.69) is 10.3 Å². The van der Waals surface area contributed by atoms with E-state index in [0.29, 0.717) is 5.75 Å². The number of ether oxygens (including phenoxy) is 1. The first-order valence-electron chi connectivity index (χ1n) is 6.95. The number of fused-ring (bicyclic) bond motifs is 1. The van der Waals surface area contributed by atoms with E-state index in [1.54, 1.807) is 13.3 Å². The minimum absolute atomic E-state index is 0.103. The van der Waals surface area contributed by atoms with Gasteiger partial charge in [0.2, 0.25) is 5.91 Å². The molecule has 1 heterocycles. The third kappa shape index (κ3) is 3.15. The summed E-state index contributed by atoms with van der Waals surface area (Å²) in [4.78, 5) is 15.2. The number of methoxy groups -OCH3 is 1. The molecule has 0 bridgehead atoms. The van der Waals surface area contributed by atoms with Crippen molar-refractivity contribution in [3.8, 4) is 5.75 Å². The smallest absolute Gasteiger partial charge is 0.228 e. The summed E-state index contributed by atoms with van der Waals surface area (Å²) in [7, 11) is 1.57. The van der Waals surface area contributed by atoms with Crippen molar-refractivity contribution in [2.45, 2.75) is 6.42 Å². The molecule has 0 aliphatic rings. The second kappa shape index (κ2) is 6.08. The van der Waals surface area contributed by atoms with Crippen LogP contribution in [-0.4, -0.2) is 18.0 Å². The zero-order valence-electron chi connectivity index (χ0n) is 12.3. The van der Waals surface area contributed by atoms with Crippen LogP contribution in [-0.2, 0) is 11.2 Å². The van der Waals surface area contributed by atoms with Gasteiger partial charge in [-0.1, -0.05) is 0 Å². The van der Waals surface area contributed by atoms with Gasteiger partial charge < -0.3 is 15.0 Å². The van der Waals surface area contributed by atoms with E-state index >= 15 is 0 Å². The van der Waals surface area contributed by atoms with Crippen molar-refractivity contribution in [3.63, 3.8) is 0 Å². The van der Waals surface area contributed by atoms with Gasteiger partial charge >= 0.3 is 0 Å². The number of H-pyrrole nitrogens is 1. The van der Waals surface area contributed by atoms with Gasteiger partial charge in [0.15, 0.2) is 11.6 Å². The Morgan fingerprint density at radius 2 is 2.00 bits per heavy atom. The molecule has 2 aromatic carbocycles. The predicted molar refractivity (Wildman–Crippen MR) is 83.5 cm³/mol. The highest BCUT2D eigenvalue weighted by Crippen LogP contribution is 2.24. The topological polar surface area (TPSA) is 54.1 Å². The number of aromatic nitrogens is 1. The first-order valence-corrected chi connectivity index (χ1v) is 6.95. The van der Waals surface area contributed by atoms with Gasteiger partial charge in [-0.25, -0.2) is 8.78 Å². The fraction of sp³-hybridized carbons (Fsp3) is 0.118. The molecule has 0 saturated carbocycles. The largest absolute Gasteiger partial charge is 0.497 e. The van der Waals surface area contributed by atoms with Crippen molar-refractivity contribution >= 4 is 22.5 Å². The minimum Gasteiger partial charge on any atom is -0.497 e. The Kier molecular flexibility index (Phi) is 3.97. The number of hydrogen-bond acceptors (Lipinski definition) is 2. The van der Waals surface area contributed by atoms with Crippen molar-refractivity contribution in [3.05, 3.63) is 59.8 Å². The van der Waals surface area contributed by atoms with Crippen LogP contribution in [0, 0.1) is 11.6 Å². The van der Waals surface area contributed by atoms with Gasteiger partial charge in [-0.05, 0) is 35.9 Å². The number of amides is 1. The van der Waals surface area contributed by atoms with Crippen LogP contribution in [0.3, 0.4) is 0 Å². The molecule has 2 N–H and O–H groups in total. The highest BCUT2D eigenvalue weighted by Gasteiger charge is 2.11. The molecule has 3 rings (SSSR count). The lowest BCUT2D eigenvalue weighted by Gasteiger charge is -2.06. The zero-order valence-corrected chi connectivity index (χ0v) is 12.3. The standard InChI is InChI=1S/C17H14F2N2O2/c1-23-12-3-5-16-13(8-12)10(9-20-16)6-17(22)21-11-2-4-14(18)15(19)7-11/h2-5,7-9,20H,6H2,1H3,(H,21,22). The molecule has 118 valence electrons. The Bertz CT molecular complexity index is 874. The fourth-order valence-corrected chi connectivity index (χ4v) is 2.38. The predicted octanol–water partition coefficient (Wildman–Crippen LogP) is 3.64. The normalized spacial score (nSPS) is 10.7. The minimum atomic E-state index is -1.00. The van der Waals surface area contributed by atoms with Gasteiger partial charge in [-0.15, -0.1) is 0 Å². The summed E-state index contributed by atoms with van der Waals surface area (Å²) in [5.41, 5.74) is 1.90. The maximum absolute atomic E-state index is 13.2. The monoisotopic (exact) mass is 316 g/mol. The van der Waals surface area contributed by atoms with Crippen molar-refractivity contribution in [2.24, 2.45) is 0 Å². The van der Waals surface area contributed by atoms with E-state index < -0.39 is 11.6 Å². The lowest BCUT2D eigenvalue weighted by Crippen LogP contribution is -2.14. The Balaban J connectivity index is 1.78. The van der Waals surface area contributed by atoms with Crippen LogP contribution >= 0.6 is 0 Å². The molecule has 0 saturated heterocycles. The molecule has 0 atom stereocenters. The molecule has 23 heavy (non-hydrogen) atoms. The Morgan fingerprint density at radius 1 is 1.17 bits per heavy atom. The van der Waals surface area contributed by atoms with E-state index in [1.807, 2.05) is 18.2 Å². The molecule has 0 spiro atoms. The van der Waals surface area contributed by atoms with Crippen LogP contribution in [0.2, 0.25) is 0 Å². The highest BCUT2D eigenvalue weighted by molar-refractivity contribution is 5.96. The molecule has 0 unspecified atom stereocenters. The summed E-state index contributed by atoms with van der Waals surface area (Å²) in [5, 5.41) is 3.43. The number of anilines is 1. The molecule has 4 nitrogen and oxygen atoms in total. The number of benzene rings is 2. The van der Waals surface area contributed by atoms with E-state index in [4.69, 9.17) is 4.74 Å². The molecule has 0 aliphatic heterocycles. The maximum atomic E-state index is 13.2. The van der Waals surface area contributed by atoms with Crippen molar-refractivity contribution in [2.75, 3.05) is 12.4 Å². The Morgan fingerprint density at radius 3 is 2.74 bits per heavy atom. The van der Waals surface area contributed by atoms with Gasteiger partial charge in [0.1, 0.15) is 5.75 Å².